The van der Waals surface area contributed by atoms with Crippen LogP contribution in [0.1, 0.15) is 25.2 Å². The lowest BCUT2D eigenvalue weighted by Gasteiger charge is -2.15. The number of hydrogen-bond donors (Lipinski definition) is 1. The second-order valence-corrected chi connectivity index (χ2v) is 5.85. The molecule has 2 unspecified atom stereocenters. The Hall–Kier alpha value is -0.720. The number of ether oxygens (including phenoxy) is 1. The zero-order chi connectivity index (χ0) is 14.7. The van der Waals surface area contributed by atoms with Crippen molar-refractivity contribution in [2.45, 2.75) is 39.3 Å². The van der Waals surface area contributed by atoms with Crippen LogP contribution in [-0.2, 0) is 28.9 Å². The third-order valence-corrected chi connectivity index (χ3v) is 4.82. The van der Waals surface area contributed by atoms with Gasteiger partial charge in [0.25, 0.3) is 0 Å². The molecular formula is C14H22BrN3O2. The number of nitrogens with zero attached hydrogens (tertiary/aromatic N) is 2. The number of hydrogen-bond acceptors (Lipinski definition) is 4. The van der Waals surface area contributed by atoms with Gasteiger partial charge in [-0.2, -0.15) is 5.10 Å². The molecule has 1 aliphatic rings. The van der Waals surface area contributed by atoms with Gasteiger partial charge in [0.05, 0.1) is 35.0 Å². The van der Waals surface area contributed by atoms with E-state index < -0.39 is 0 Å². The molecule has 0 aliphatic carbocycles. The maximum atomic E-state index is 12.5. The molecule has 20 heavy (non-hydrogen) atoms. The second kappa shape index (κ2) is 6.83. The summed E-state index contributed by atoms with van der Waals surface area (Å²) in [5.74, 6) is 0.164. The highest BCUT2D eigenvalue weighted by Gasteiger charge is 2.33. The summed E-state index contributed by atoms with van der Waals surface area (Å²) in [5.41, 5.74) is 2.00. The molecular weight excluding hydrogens is 322 g/mol. The van der Waals surface area contributed by atoms with Crippen molar-refractivity contribution in [2.75, 3.05) is 20.3 Å². The second-order valence-electron chi connectivity index (χ2n) is 5.06. The molecule has 0 saturated carbocycles. The minimum atomic E-state index is -0.0582. The summed E-state index contributed by atoms with van der Waals surface area (Å²) in [6.45, 7) is 6.02. The van der Waals surface area contributed by atoms with Crippen molar-refractivity contribution in [2.24, 2.45) is 5.92 Å². The predicted molar refractivity (Wildman–Crippen MR) is 80.8 cm³/mol. The number of ketones is 1. The summed E-state index contributed by atoms with van der Waals surface area (Å²) < 4.78 is 8.32. The number of likely N-dealkylation sites (N-methyl/N-ethyl adjacent to an activating group) is 1. The van der Waals surface area contributed by atoms with Crippen LogP contribution in [0, 0.1) is 5.92 Å². The quantitative estimate of drug-likeness (QED) is 0.851. The Bertz CT molecular complexity index is 487. The number of halogens is 1. The van der Waals surface area contributed by atoms with Crippen LogP contribution in [0.2, 0.25) is 0 Å². The molecule has 1 aliphatic heterocycles. The minimum absolute atomic E-state index is 0.0582. The van der Waals surface area contributed by atoms with Crippen molar-refractivity contribution >= 4 is 21.7 Å². The number of Topliss-reactive ketones (excluding diaryl/α,β-unsaturated/α-hetero) is 1. The number of aryl methyl sites for hydroxylation is 2. The van der Waals surface area contributed by atoms with E-state index in [1.807, 2.05) is 18.7 Å². The Morgan fingerprint density at radius 3 is 2.85 bits per heavy atom. The van der Waals surface area contributed by atoms with Crippen molar-refractivity contribution in [3.05, 3.63) is 15.9 Å². The third-order valence-electron chi connectivity index (χ3n) is 3.90. The molecule has 0 radical (unpaired) electrons. The molecule has 1 saturated heterocycles. The molecule has 1 N–H and O–H groups in total. The Kier molecular flexibility index (Phi) is 5.35. The molecule has 0 aromatic carbocycles. The normalized spacial score (nSPS) is 22.4. The molecule has 5 nitrogen and oxygen atoms in total. The molecule has 6 heteroatoms. The Balaban J connectivity index is 2.17. The zero-order valence-corrected chi connectivity index (χ0v) is 13.9. The summed E-state index contributed by atoms with van der Waals surface area (Å²) in [6, 6.07) is 0.130. The van der Waals surface area contributed by atoms with Crippen LogP contribution in [0.4, 0.5) is 0 Å². The number of carbonyl (C=O) groups is 1. The van der Waals surface area contributed by atoms with Crippen LogP contribution in [0.5, 0.6) is 0 Å². The molecule has 2 rings (SSSR count). The number of aromatic nitrogens is 2. The van der Waals surface area contributed by atoms with Gasteiger partial charge in [0, 0.05) is 19.0 Å². The highest BCUT2D eigenvalue weighted by atomic mass is 79.9. The van der Waals surface area contributed by atoms with Gasteiger partial charge < -0.3 is 10.1 Å². The van der Waals surface area contributed by atoms with E-state index in [0.29, 0.717) is 19.6 Å². The van der Waals surface area contributed by atoms with Crippen LogP contribution < -0.4 is 5.32 Å². The Labute approximate surface area is 128 Å². The molecule has 1 fully saturated rings. The first-order valence-electron chi connectivity index (χ1n) is 7.14. The van der Waals surface area contributed by atoms with E-state index in [0.717, 1.165) is 28.8 Å². The predicted octanol–water partition coefficient (Wildman–Crippen LogP) is 1.57. The summed E-state index contributed by atoms with van der Waals surface area (Å²) in [6.07, 6.45) is 1.27. The van der Waals surface area contributed by atoms with E-state index in [9.17, 15) is 4.79 Å². The molecule has 0 bridgehead atoms. The van der Waals surface area contributed by atoms with Gasteiger partial charge in [-0.15, -0.1) is 0 Å². The minimum Gasteiger partial charge on any atom is -0.379 e. The van der Waals surface area contributed by atoms with Crippen molar-refractivity contribution in [1.82, 2.24) is 15.1 Å². The summed E-state index contributed by atoms with van der Waals surface area (Å²) >= 11 is 3.59. The van der Waals surface area contributed by atoms with Crippen molar-refractivity contribution in [3.8, 4) is 0 Å². The van der Waals surface area contributed by atoms with Crippen molar-refractivity contribution in [3.63, 3.8) is 0 Å². The van der Waals surface area contributed by atoms with E-state index in [2.05, 4.69) is 33.3 Å². The lowest BCUT2D eigenvalue weighted by molar-refractivity contribution is -0.122. The largest absolute Gasteiger partial charge is 0.379 e. The first-order chi connectivity index (χ1) is 9.62. The maximum absolute atomic E-state index is 12.5. The fourth-order valence-electron chi connectivity index (χ4n) is 2.64. The molecule has 0 amide bonds. The highest BCUT2D eigenvalue weighted by Crippen LogP contribution is 2.25. The molecule has 2 atom stereocenters. The Morgan fingerprint density at radius 1 is 1.50 bits per heavy atom. The molecule has 1 aromatic rings. The van der Waals surface area contributed by atoms with Gasteiger partial charge in [-0.25, -0.2) is 0 Å². The average Bonchev–Trinajstić information content (AvgIpc) is 3.04. The van der Waals surface area contributed by atoms with E-state index in [4.69, 9.17) is 4.74 Å². The first-order valence-corrected chi connectivity index (χ1v) is 7.93. The molecule has 1 aromatic heterocycles. The summed E-state index contributed by atoms with van der Waals surface area (Å²) in [4.78, 5) is 12.5. The summed E-state index contributed by atoms with van der Waals surface area (Å²) in [7, 11) is 1.88. The summed E-state index contributed by atoms with van der Waals surface area (Å²) in [5, 5.41) is 7.70. The van der Waals surface area contributed by atoms with Crippen LogP contribution in [0.3, 0.4) is 0 Å². The smallest absolute Gasteiger partial charge is 0.145 e. The van der Waals surface area contributed by atoms with E-state index >= 15 is 0 Å². The fourth-order valence-corrected chi connectivity index (χ4v) is 3.34. The number of nitrogens with one attached hydrogen (secondary N) is 1. The van der Waals surface area contributed by atoms with Gasteiger partial charge in [-0.05, 0) is 36.3 Å². The number of carbonyl (C=O) groups excluding carboxylic acids is 1. The fraction of sp³-hybridized carbons (Fsp3) is 0.714. The lowest BCUT2D eigenvalue weighted by atomic mass is 9.95. The number of rotatable bonds is 6. The SMILES string of the molecule is CCc1nn(CC)c(CC(=O)C2COCC2NC)c1Br. The monoisotopic (exact) mass is 343 g/mol. The van der Waals surface area contributed by atoms with Gasteiger partial charge in [-0.3, -0.25) is 9.48 Å². The van der Waals surface area contributed by atoms with Gasteiger partial charge >= 0.3 is 0 Å². The van der Waals surface area contributed by atoms with E-state index in [-0.39, 0.29) is 17.7 Å². The van der Waals surface area contributed by atoms with Crippen molar-refractivity contribution in [1.29, 1.82) is 0 Å². The van der Waals surface area contributed by atoms with E-state index in [1.54, 1.807) is 0 Å². The standard InChI is InChI=1S/C14H22BrN3O2/c1-4-10-14(15)12(18(5-2)17-10)6-13(19)9-7-20-8-11(9)16-3/h9,11,16H,4-8H2,1-3H3. The van der Waals surface area contributed by atoms with Crippen LogP contribution in [-0.4, -0.2) is 41.9 Å². The van der Waals surface area contributed by atoms with Crippen LogP contribution in [0.15, 0.2) is 4.47 Å². The maximum Gasteiger partial charge on any atom is 0.145 e. The molecule has 112 valence electrons. The topological polar surface area (TPSA) is 56.2 Å². The molecule has 0 spiro atoms. The molecule has 2 heterocycles. The highest BCUT2D eigenvalue weighted by molar-refractivity contribution is 9.10. The Morgan fingerprint density at radius 2 is 2.25 bits per heavy atom. The van der Waals surface area contributed by atoms with Crippen molar-refractivity contribution < 1.29 is 9.53 Å². The van der Waals surface area contributed by atoms with Crippen LogP contribution in [0.25, 0.3) is 0 Å². The third kappa shape index (κ3) is 2.97. The zero-order valence-electron chi connectivity index (χ0n) is 12.3. The average molecular weight is 344 g/mol. The first kappa shape index (κ1) is 15.7. The lowest BCUT2D eigenvalue weighted by Crippen LogP contribution is -2.37. The van der Waals surface area contributed by atoms with Gasteiger partial charge in [0.2, 0.25) is 0 Å². The van der Waals surface area contributed by atoms with Crippen LogP contribution >= 0.6 is 15.9 Å². The van der Waals surface area contributed by atoms with Gasteiger partial charge in [0.15, 0.2) is 0 Å². The van der Waals surface area contributed by atoms with Gasteiger partial charge in [0.1, 0.15) is 5.78 Å². The van der Waals surface area contributed by atoms with Gasteiger partial charge in [-0.1, -0.05) is 6.92 Å². The van der Waals surface area contributed by atoms with E-state index in [1.165, 1.54) is 0 Å².